The molecule has 0 aromatic rings. The Morgan fingerprint density at radius 2 is 0.909 bits per heavy atom. The van der Waals surface area contributed by atoms with Crippen molar-refractivity contribution in [3.05, 3.63) is 12.4 Å². The lowest BCUT2D eigenvalue weighted by Gasteiger charge is -2.35. The molecule has 1 aliphatic rings. The van der Waals surface area contributed by atoms with Gasteiger partial charge >= 0.3 is 0 Å². The summed E-state index contributed by atoms with van der Waals surface area (Å²) < 4.78 is 0. The van der Waals surface area contributed by atoms with Crippen molar-refractivity contribution in [3.63, 3.8) is 0 Å². The monoisotopic (exact) mass is 462 g/mol. The van der Waals surface area contributed by atoms with Crippen LogP contribution in [0.4, 0.5) is 0 Å². The smallest absolute Gasteiger partial charge is 0.101 e. The van der Waals surface area contributed by atoms with Crippen molar-refractivity contribution in [3.8, 4) is 0 Å². The molecular formula is C31H62N2. The molecular weight excluding hydrogens is 400 g/mol. The summed E-state index contributed by atoms with van der Waals surface area (Å²) in [5.74, 6) is 0. The van der Waals surface area contributed by atoms with Gasteiger partial charge in [-0.3, -0.25) is 0 Å². The largest absolute Gasteiger partial charge is 0.356 e. The van der Waals surface area contributed by atoms with Gasteiger partial charge in [0.1, 0.15) is 6.17 Å². The molecule has 0 N–H and O–H groups in total. The van der Waals surface area contributed by atoms with Gasteiger partial charge in [0.25, 0.3) is 0 Å². The zero-order valence-electron chi connectivity index (χ0n) is 23.5. The predicted molar refractivity (Wildman–Crippen MR) is 150 cm³/mol. The lowest BCUT2D eigenvalue weighted by Crippen LogP contribution is -2.42. The Labute approximate surface area is 210 Å². The van der Waals surface area contributed by atoms with Crippen LogP contribution in [-0.4, -0.2) is 28.6 Å². The average Bonchev–Trinajstić information content (AvgIpc) is 3.21. The zero-order chi connectivity index (χ0) is 24.0. The van der Waals surface area contributed by atoms with Crippen LogP contribution in [0.2, 0.25) is 0 Å². The second kappa shape index (κ2) is 21.8. The molecule has 0 aromatic heterocycles. The normalized spacial score (nSPS) is 16.0. The van der Waals surface area contributed by atoms with E-state index in [0.29, 0.717) is 12.2 Å². The number of unbranched alkanes of at least 4 members (excludes halogenated alkanes) is 19. The Hall–Kier alpha value is -0.660. The minimum absolute atomic E-state index is 0.609. The Balaban J connectivity index is 1.95. The summed E-state index contributed by atoms with van der Waals surface area (Å²) in [7, 11) is 0. The van der Waals surface area contributed by atoms with E-state index >= 15 is 0 Å². The standard InChI is InChI=1S/C31H62N2/c1-5-7-9-11-12-13-14-15-16-17-18-19-20-21-22-23-24-26-31-32(27-25-10-8-6-2)28-29-33(31)30(3)4/h28-31H,5-27H2,1-4H3. The van der Waals surface area contributed by atoms with Gasteiger partial charge in [0.2, 0.25) is 0 Å². The van der Waals surface area contributed by atoms with Crippen LogP contribution in [-0.2, 0) is 0 Å². The van der Waals surface area contributed by atoms with Crippen LogP contribution in [0.25, 0.3) is 0 Å². The molecule has 1 heterocycles. The van der Waals surface area contributed by atoms with Crippen LogP contribution in [0, 0.1) is 0 Å². The molecule has 0 saturated heterocycles. The van der Waals surface area contributed by atoms with E-state index < -0.39 is 0 Å². The van der Waals surface area contributed by atoms with Crippen molar-refractivity contribution in [1.82, 2.24) is 9.80 Å². The van der Waals surface area contributed by atoms with E-state index in [4.69, 9.17) is 0 Å². The van der Waals surface area contributed by atoms with Crippen molar-refractivity contribution in [2.24, 2.45) is 0 Å². The van der Waals surface area contributed by atoms with Gasteiger partial charge in [-0.1, -0.05) is 136 Å². The van der Waals surface area contributed by atoms with Crippen LogP contribution < -0.4 is 0 Å². The minimum Gasteiger partial charge on any atom is -0.356 e. The van der Waals surface area contributed by atoms with Gasteiger partial charge < -0.3 is 9.80 Å². The SMILES string of the molecule is CCCCCCCCCCCCCCCCCCCC1N(CCCCCC)C=CN1C(C)C. The number of rotatable bonds is 24. The van der Waals surface area contributed by atoms with E-state index in [1.165, 1.54) is 148 Å². The second-order valence-electron chi connectivity index (χ2n) is 11.1. The summed E-state index contributed by atoms with van der Waals surface area (Å²) in [6.45, 7) is 10.5. The maximum atomic E-state index is 2.63. The summed E-state index contributed by atoms with van der Waals surface area (Å²) in [5.41, 5.74) is 0. The zero-order valence-corrected chi connectivity index (χ0v) is 23.5. The molecule has 0 radical (unpaired) electrons. The molecule has 1 atom stereocenters. The third-order valence-electron chi connectivity index (χ3n) is 7.59. The third-order valence-corrected chi connectivity index (χ3v) is 7.59. The summed E-state index contributed by atoms with van der Waals surface area (Å²) in [5, 5.41) is 0. The number of hydrogen-bond donors (Lipinski definition) is 0. The van der Waals surface area contributed by atoms with Crippen LogP contribution in [0.5, 0.6) is 0 Å². The Kier molecular flexibility index (Phi) is 20.1. The van der Waals surface area contributed by atoms with Gasteiger partial charge in [-0.25, -0.2) is 0 Å². The molecule has 33 heavy (non-hydrogen) atoms. The molecule has 1 unspecified atom stereocenters. The molecule has 1 rings (SSSR count). The first-order valence-electron chi connectivity index (χ1n) is 15.4. The highest BCUT2D eigenvalue weighted by Gasteiger charge is 2.26. The van der Waals surface area contributed by atoms with Crippen molar-refractivity contribution < 1.29 is 0 Å². The van der Waals surface area contributed by atoms with E-state index in [0.717, 1.165) is 0 Å². The predicted octanol–water partition coefficient (Wildman–Crippen LogP) is 10.4. The molecule has 196 valence electrons. The van der Waals surface area contributed by atoms with Crippen LogP contribution in [0.1, 0.15) is 169 Å². The van der Waals surface area contributed by atoms with Gasteiger partial charge in [0.05, 0.1) is 0 Å². The van der Waals surface area contributed by atoms with Gasteiger partial charge in [-0.2, -0.15) is 0 Å². The number of nitrogens with zero attached hydrogens (tertiary/aromatic N) is 2. The Bertz CT molecular complexity index is 431. The summed E-state index contributed by atoms with van der Waals surface area (Å²) in [4.78, 5) is 5.22. The maximum absolute atomic E-state index is 2.63. The molecule has 0 fully saturated rings. The molecule has 2 heteroatoms. The van der Waals surface area contributed by atoms with E-state index in [1.807, 2.05) is 0 Å². The molecule has 0 saturated carbocycles. The van der Waals surface area contributed by atoms with E-state index in [-0.39, 0.29) is 0 Å². The first kappa shape index (κ1) is 30.4. The van der Waals surface area contributed by atoms with Crippen LogP contribution in [0.3, 0.4) is 0 Å². The van der Waals surface area contributed by atoms with Crippen LogP contribution >= 0.6 is 0 Å². The van der Waals surface area contributed by atoms with Crippen molar-refractivity contribution >= 4 is 0 Å². The summed E-state index contributed by atoms with van der Waals surface area (Å²) in [6.07, 6.45) is 36.8. The molecule has 0 amide bonds. The summed E-state index contributed by atoms with van der Waals surface area (Å²) in [6, 6.07) is 0.609. The van der Waals surface area contributed by atoms with Crippen molar-refractivity contribution in [1.29, 1.82) is 0 Å². The van der Waals surface area contributed by atoms with E-state index in [1.54, 1.807) is 0 Å². The van der Waals surface area contributed by atoms with Gasteiger partial charge in [0, 0.05) is 25.0 Å². The first-order chi connectivity index (χ1) is 16.2. The van der Waals surface area contributed by atoms with E-state index in [2.05, 4.69) is 49.9 Å². The lowest BCUT2D eigenvalue weighted by molar-refractivity contribution is 0.114. The van der Waals surface area contributed by atoms with E-state index in [9.17, 15) is 0 Å². The molecule has 0 spiro atoms. The average molecular weight is 463 g/mol. The fourth-order valence-corrected chi connectivity index (χ4v) is 5.36. The highest BCUT2D eigenvalue weighted by molar-refractivity contribution is 4.98. The fraction of sp³-hybridized carbons (Fsp3) is 0.935. The highest BCUT2D eigenvalue weighted by Crippen LogP contribution is 2.24. The summed E-state index contributed by atoms with van der Waals surface area (Å²) >= 11 is 0. The highest BCUT2D eigenvalue weighted by atomic mass is 15.4. The quantitative estimate of drug-likeness (QED) is 0.132. The minimum atomic E-state index is 0.609. The van der Waals surface area contributed by atoms with Gasteiger partial charge in [-0.15, -0.1) is 0 Å². The Morgan fingerprint density at radius 1 is 0.515 bits per heavy atom. The van der Waals surface area contributed by atoms with Crippen molar-refractivity contribution in [2.45, 2.75) is 181 Å². The molecule has 0 aliphatic carbocycles. The molecule has 0 aromatic carbocycles. The molecule has 2 nitrogen and oxygen atoms in total. The number of hydrogen-bond acceptors (Lipinski definition) is 2. The fourth-order valence-electron chi connectivity index (χ4n) is 5.36. The molecule has 1 aliphatic heterocycles. The Morgan fingerprint density at radius 3 is 1.33 bits per heavy atom. The molecule has 0 bridgehead atoms. The maximum Gasteiger partial charge on any atom is 0.101 e. The van der Waals surface area contributed by atoms with Crippen molar-refractivity contribution in [2.75, 3.05) is 6.54 Å². The van der Waals surface area contributed by atoms with Crippen LogP contribution in [0.15, 0.2) is 12.4 Å². The van der Waals surface area contributed by atoms with Gasteiger partial charge in [0.15, 0.2) is 0 Å². The van der Waals surface area contributed by atoms with Gasteiger partial charge in [-0.05, 0) is 33.1 Å². The first-order valence-corrected chi connectivity index (χ1v) is 15.4. The lowest BCUT2D eigenvalue weighted by atomic mass is 10.0. The second-order valence-corrected chi connectivity index (χ2v) is 11.1. The topological polar surface area (TPSA) is 6.48 Å². The third kappa shape index (κ3) is 15.8.